The van der Waals surface area contributed by atoms with E-state index in [1.165, 1.54) is 70.7 Å². The smallest absolute Gasteiger partial charge is 0.180 e. The molecule has 0 unspecified atom stereocenters. The van der Waals surface area contributed by atoms with Crippen LogP contribution < -0.4 is 0 Å². The largest absolute Gasteiger partial charge is 0.452 e. The molecule has 0 aliphatic rings. The minimum atomic E-state index is 0.676. The lowest BCUT2D eigenvalue weighted by molar-refractivity contribution is 0.667. The van der Waals surface area contributed by atoms with Crippen molar-refractivity contribution < 1.29 is 4.42 Å². The van der Waals surface area contributed by atoms with E-state index in [2.05, 4.69) is 142 Å². The summed E-state index contributed by atoms with van der Waals surface area (Å²) in [4.78, 5) is 10.2. The van der Waals surface area contributed by atoms with Crippen molar-refractivity contribution in [3.8, 4) is 28.3 Å². The van der Waals surface area contributed by atoms with Gasteiger partial charge >= 0.3 is 0 Å². The third kappa shape index (κ3) is 3.81. The summed E-state index contributed by atoms with van der Waals surface area (Å²) in [5.74, 6) is 0.676. The first-order valence-electron chi connectivity index (χ1n) is 18.7. The Kier molecular flexibility index (Phi) is 5.57. The number of aromatic nitrogens is 4. The SMILES string of the molecule is c1ccc(-c2nc(-c3ccc(-n4c5ccccc5c5cc6c7ccccc7n7c8c9ccccc9ccc8c(c54)c67)cc3)c3oc4ccccc4c3n2)cc1. The fraction of sp³-hybridized carbons (Fsp3) is 0. The highest BCUT2D eigenvalue weighted by Gasteiger charge is 2.25. The van der Waals surface area contributed by atoms with Gasteiger partial charge < -0.3 is 13.4 Å². The third-order valence-electron chi connectivity index (χ3n) is 11.6. The van der Waals surface area contributed by atoms with Crippen LogP contribution in [0.25, 0.3) is 121 Å². The first kappa shape index (κ1) is 29.0. The standard InChI is InChI=1S/C50H28N4O/c1-2-13-31(14-3-1)50-51-44(49-45(52-50)36-18-8-11-21-42(36)55-49)30-22-25-32(26-23-30)53-40-19-9-6-16-34(40)38-28-39-35-17-7-10-20-41(35)54-46-33-15-5-4-12-29(33)24-27-37(46)43(47(38)53)48(39)54/h1-28H. The van der Waals surface area contributed by atoms with Crippen LogP contribution in [0, 0.1) is 0 Å². The van der Waals surface area contributed by atoms with Gasteiger partial charge in [0.2, 0.25) is 0 Å². The van der Waals surface area contributed by atoms with Crippen molar-refractivity contribution >= 4 is 92.7 Å². The maximum atomic E-state index is 6.48. The van der Waals surface area contributed by atoms with E-state index in [0.717, 1.165) is 39.0 Å². The number of furan rings is 1. The average Bonchev–Trinajstić information content (AvgIpc) is 3.99. The van der Waals surface area contributed by atoms with Crippen LogP contribution in [0.15, 0.2) is 174 Å². The molecule has 13 rings (SSSR count). The molecule has 5 aromatic heterocycles. The van der Waals surface area contributed by atoms with Crippen molar-refractivity contribution in [1.29, 1.82) is 0 Å². The molecule has 0 saturated carbocycles. The monoisotopic (exact) mass is 700 g/mol. The molecule has 5 heterocycles. The summed E-state index contributed by atoms with van der Waals surface area (Å²) in [5, 5.41) is 11.1. The quantitative estimate of drug-likeness (QED) is 0.184. The van der Waals surface area contributed by atoms with Gasteiger partial charge in [0.05, 0.1) is 27.6 Å². The van der Waals surface area contributed by atoms with E-state index < -0.39 is 0 Å². The number of benzene rings is 8. The van der Waals surface area contributed by atoms with Crippen molar-refractivity contribution in [1.82, 2.24) is 18.9 Å². The van der Waals surface area contributed by atoms with Crippen LogP contribution in [-0.2, 0) is 0 Å². The molecule has 0 aliphatic heterocycles. The summed E-state index contributed by atoms with van der Waals surface area (Å²) in [5.41, 5.74) is 12.3. The molecule has 0 amide bonds. The lowest BCUT2D eigenvalue weighted by Crippen LogP contribution is -1.96. The number of rotatable bonds is 3. The Morgan fingerprint density at radius 3 is 1.95 bits per heavy atom. The molecule has 0 bridgehead atoms. The predicted octanol–water partition coefficient (Wildman–Crippen LogP) is 13.1. The Hall–Kier alpha value is -7.50. The highest BCUT2D eigenvalue weighted by Crippen LogP contribution is 2.48. The molecule has 0 saturated heterocycles. The fourth-order valence-electron chi connectivity index (χ4n) is 9.30. The minimum absolute atomic E-state index is 0.676. The molecule has 0 spiro atoms. The van der Waals surface area contributed by atoms with E-state index in [4.69, 9.17) is 14.4 Å². The molecule has 8 aromatic carbocycles. The third-order valence-corrected chi connectivity index (χ3v) is 11.6. The maximum Gasteiger partial charge on any atom is 0.180 e. The van der Waals surface area contributed by atoms with Crippen LogP contribution in [-0.4, -0.2) is 18.9 Å². The van der Waals surface area contributed by atoms with E-state index in [1.54, 1.807) is 0 Å². The second-order valence-corrected chi connectivity index (χ2v) is 14.5. The zero-order chi connectivity index (χ0) is 35.8. The van der Waals surface area contributed by atoms with Gasteiger partial charge in [0.1, 0.15) is 16.8 Å². The first-order chi connectivity index (χ1) is 27.3. The second-order valence-electron chi connectivity index (χ2n) is 14.5. The Morgan fingerprint density at radius 2 is 1.11 bits per heavy atom. The van der Waals surface area contributed by atoms with Crippen molar-refractivity contribution in [3.63, 3.8) is 0 Å². The normalized spacial score (nSPS) is 12.4. The zero-order valence-corrected chi connectivity index (χ0v) is 29.4. The van der Waals surface area contributed by atoms with Crippen molar-refractivity contribution in [2.45, 2.75) is 0 Å². The molecule has 0 N–H and O–H groups in total. The molecular formula is C50H28N4O. The molecule has 55 heavy (non-hydrogen) atoms. The highest BCUT2D eigenvalue weighted by atomic mass is 16.3. The van der Waals surface area contributed by atoms with Gasteiger partial charge in [-0.3, -0.25) is 0 Å². The summed E-state index contributed by atoms with van der Waals surface area (Å²) in [6, 6.07) is 60.5. The summed E-state index contributed by atoms with van der Waals surface area (Å²) in [7, 11) is 0. The number of hydrogen-bond acceptors (Lipinski definition) is 3. The lowest BCUT2D eigenvalue weighted by Gasteiger charge is -2.11. The lowest BCUT2D eigenvalue weighted by atomic mass is 10.0. The molecule has 0 fully saturated rings. The summed E-state index contributed by atoms with van der Waals surface area (Å²) in [6.45, 7) is 0. The molecule has 254 valence electrons. The maximum absolute atomic E-state index is 6.48. The first-order valence-corrected chi connectivity index (χ1v) is 18.7. The molecule has 0 radical (unpaired) electrons. The van der Waals surface area contributed by atoms with Crippen LogP contribution >= 0.6 is 0 Å². The van der Waals surface area contributed by atoms with Gasteiger partial charge in [-0.25, -0.2) is 9.97 Å². The number of fused-ring (bicyclic) bond motifs is 15. The van der Waals surface area contributed by atoms with Gasteiger partial charge in [0.15, 0.2) is 11.4 Å². The predicted molar refractivity (Wildman–Crippen MR) is 227 cm³/mol. The van der Waals surface area contributed by atoms with Crippen LogP contribution in [0.1, 0.15) is 0 Å². The van der Waals surface area contributed by atoms with Crippen LogP contribution in [0.2, 0.25) is 0 Å². The van der Waals surface area contributed by atoms with E-state index in [-0.39, 0.29) is 0 Å². The summed E-state index contributed by atoms with van der Waals surface area (Å²) >= 11 is 0. The van der Waals surface area contributed by atoms with Crippen LogP contribution in [0.4, 0.5) is 0 Å². The second kappa shape index (κ2) is 10.6. The Balaban J connectivity index is 1.11. The van der Waals surface area contributed by atoms with E-state index >= 15 is 0 Å². The van der Waals surface area contributed by atoms with Gasteiger partial charge in [0.25, 0.3) is 0 Å². The zero-order valence-electron chi connectivity index (χ0n) is 29.4. The topological polar surface area (TPSA) is 48.3 Å². The Labute approximate surface area is 313 Å². The number of para-hydroxylation sites is 3. The van der Waals surface area contributed by atoms with E-state index in [1.807, 2.05) is 36.4 Å². The minimum Gasteiger partial charge on any atom is -0.452 e. The number of hydrogen-bond donors (Lipinski definition) is 0. The van der Waals surface area contributed by atoms with Gasteiger partial charge in [-0.15, -0.1) is 0 Å². The van der Waals surface area contributed by atoms with Gasteiger partial charge in [-0.1, -0.05) is 127 Å². The van der Waals surface area contributed by atoms with E-state index in [9.17, 15) is 0 Å². The van der Waals surface area contributed by atoms with Gasteiger partial charge in [0, 0.05) is 59.9 Å². The molecular weight excluding hydrogens is 673 g/mol. The fourth-order valence-corrected chi connectivity index (χ4v) is 9.30. The van der Waals surface area contributed by atoms with Crippen LogP contribution in [0.3, 0.4) is 0 Å². The molecule has 5 heteroatoms. The molecule has 13 aromatic rings. The van der Waals surface area contributed by atoms with Crippen LogP contribution in [0.5, 0.6) is 0 Å². The average molecular weight is 701 g/mol. The highest BCUT2D eigenvalue weighted by molar-refractivity contribution is 6.36. The van der Waals surface area contributed by atoms with E-state index in [0.29, 0.717) is 11.4 Å². The Bertz CT molecular complexity index is 3700. The molecule has 0 aliphatic carbocycles. The molecule has 5 nitrogen and oxygen atoms in total. The number of nitrogens with zero attached hydrogens (tertiary/aromatic N) is 4. The van der Waals surface area contributed by atoms with Crippen molar-refractivity contribution in [2.24, 2.45) is 0 Å². The van der Waals surface area contributed by atoms with Crippen molar-refractivity contribution in [2.75, 3.05) is 0 Å². The summed E-state index contributed by atoms with van der Waals surface area (Å²) in [6.07, 6.45) is 0. The van der Waals surface area contributed by atoms with Gasteiger partial charge in [-0.2, -0.15) is 0 Å². The Morgan fingerprint density at radius 1 is 0.436 bits per heavy atom. The van der Waals surface area contributed by atoms with Crippen molar-refractivity contribution in [3.05, 3.63) is 170 Å². The summed E-state index contributed by atoms with van der Waals surface area (Å²) < 4.78 is 11.5. The van der Waals surface area contributed by atoms with Gasteiger partial charge in [-0.05, 0) is 47.9 Å². The molecule has 0 atom stereocenters.